The van der Waals surface area contributed by atoms with Gasteiger partial charge in [-0.05, 0) is 11.7 Å². The molecular weight excluding hydrogens is 210 g/mol. The number of thioether (sulfide) groups is 1. The molecule has 1 atom stereocenters. The van der Waals surface area contributed by atoms with Crippen molar-refractivity contribution in [2.75, 3.05) is 0 Å². The van der Waals surface area contributed by atoms with E-state index in [4.69, 9.17) is 10.3 Å². The smallest absolute Gasteiger partial charge is 0.228 e. The third-order valence-electron chi connectivity index (χ3n) is 2.02. The normalized spacial score (nSPS) is 13.4. The molecule has 0 fully saturated rings. The van der Waals surface area contributed by atoms with Crippen LogP contribution in [0.5, 0.6) is 0 Å². The van der Waals surface area contributed by atoms with Crippen LogP contribution in [0, 0.1) is 0 Å². The summed E-state index contributed by atoms with van der Waals surface area (Å²) in [4.78, 5) is 4.29. The van der Waals surface area contributed by atoms with Crippen LogP contribution in [-0.4, -0.2) is 21.4 Å². The first kappa shape index (κ1) is 12.5. The second kappa shape index (κ2) is 6.12. The van der Waals surface area contributed by atoms with Crippen LogP contribution in [0.4, 0.5) is 0 Å². The lowest BCUT2D eigenvalue weighted by Crippen LogP contribution is -2.21. The van der Waals surface area contributed by atoms with Crippen LogP contribution in [0.1, 0.15) is 38.9 Å². The molecule has 1 aromatic heterocycles. The van der Waals surface area contributed by atoms with Gasteiger partial charge in [0.2, 0.25) is 5.89 Å². The van der Waals surface area contributed by atoms with E-state index in [0.717, 1.165) is 18.0 Å². The van der Waals surface area contributed by atoms with E-state index in [9.17, 15) is 0 Å². The zero-order valence-corrected chi connectivity index (χ0v) is 10.4. The molecule has 5 heteroatoms. The van der Waals surface area contributed by atoms with Gasteiger partial charge in [-0.25, -0.2) is 0 Å². The summed E-state index contributed by atoms with van der Waals surface area (Å²) in [6, 6.07) is 0.121. The van der Waals surface area contributed by atoms with Crippen molar-refractivity contribution >= 4 is 11.8 Å². The van der Waals surface area contributed by atoms with E-state index in [0.29, 0.717) is 17.6 Å². The quantitative estimate of drug-likeness (QED) is 0.808. The first-order chi connectivity index (χ1) is 7.11. The first-order valence-corrected chi connectivity index (χ1v) is 6.35. The fourth-order valence-electron chi connectivity index (χ4n) is 1.04. The second-order valence-electron chi connectivity index (χ2n) is 3.84. The van der Waals surface area contributed by atoms with Gasteiger partial charge in [0.25, 0.3) is 0 Å². The third-order valence-corrected chi connectivity index (χ3v) is 3.11. The van der Waals surface area contributed by atoms with E-state index in [1.54, 1.807) is 11.8 Å². The fourth-order valence-corrected chi connectivity index (χ4v) is 1.64. The zero-order valence-electron chi connectivity index (χ0n) is 9.56. The molecule has 1 unspecified atom stereocenters. The van der Waals surface area contributed by atoms with Gasteiger partial charge in [-0.15, -0.1) is 0 Å². The average Bonchev–Trinajstić information content (AvgIpc) is 2.62. The van der Waals surface area contributed by atoms with Gasteiger partial charge in [-0.1, -0.05) is 25.9 Å². The molecule has 0 aromatic carbocycles. The van der Waals surface area contributed by atoms with Crippen LogP contribution in [0.2, 0.25) is 0 Å². The Morgan fingerprint density at radius 1 is 1.47 bits per heavy atom. The number of nitrogens with two attached hydrogens (primary N) is 1. The number of hydrogen-bond acceptors (Lipinski definition) is 5. The number of rotatable bonds is 6. The Bertz CT molecular complexity index is 288. The van der Waals surface area contributed by atoms with Crippen molar-refractivity contribution in [3.05, 3.63) is 11.7 Å². The molecular formula is C10H19N3OS. The molecule has 4 nitrogen and oxygen atoms in total. The number of aromatic nitrogens is 2. The molecule has 0 spiro atoms. The summed E-state index contributed by atoms with van der Waals surface area (Å²) in [5, 5.41) is 4.50. The highest BCUT2D eigenvalue weighted by Crippen LogP contribution is 2.15. The Morgan fingerprint density at radius 3 is 2.80 bits per heavy atom. The van der Waals surface area contributed by atoms with E-state index in [1.165, 1.54) is 0 Å². The lowest BCUT2D eigenvalue weighted by atomic mass is 10.2. The van der Waals surface area contributed by atoms with Gasteiger partial charge in [0.1, 0.15) is 0 Å². The van der Waals surface area contributed by atoms with Crippen molar-refractivity contribution in [2.45, 2.75) is 50.7 Å². The van der Waals surface area contributed by atoms with Crippen LogP contribution in [0.25, 0.3) is 0 Å². The molecule has 1 rings (SSSR count). The van der Waals surface area contributed by atoms with Crippen molar-refractivity contribution in [1.29, 1.82) is 0 Å². The lowest BCUT2D eigenvalue weighted by Gasteiger charge is -2.02. The molecule has 0 saturated carbocycles. The van der Waals surface area contributed by atoms with E-state index in [1.807, 2.05) is 0 Å². The van der Waals surface area contributed by atoms with Gasteiger partial charge in [0.05, 0.1) is 5.75 Å². The van der Waals surface area contributed by atoms with Crippen molar-refractivity contribution in [1.82, 2.24) is 10.1 Å². The van der Waals surface area contributed by atoms with Gasteiger partial charge in [0.15, 0.2) is 5.82 Å². The van der Waals surface area contributed by atoms with Crippen LogP contribution in [-0.2, 0) is 12.2 Å². The summed E-state index contributed by atoms with van der Waals surface area (Å²) < 4.78 is 5.11. The molecule has 1 aromatic rings. The van der Waals surface area contributed by atoms with Crippen molar-refractivity contribution in [3.63, 3.8) is 0 Å². The SMILES string of the molecule is CCC(N)Cc1nc(CSC(C)C)no1. The monoisotopic (exact) mass is 229 g/mol. The molecule has 0 amide bonds. The summed E-state index contributed by atoms with van der Waals surface area (Å²) in [7, 11) is 0. The summed E-state index contributed by atoms with van der Waals surface area (Å²) in [5.41, 5.74) is 5.80. The van der Waals surface area contributed by atoms with E-state index >= 15 is 0 Å². The van der Waals surface area contributed by atoms with Crippen molar-refractivity contribution < 1.29 is 4.52 Å². The minimum atomic E-state index is 0.121. The molecule has 0 aliphatic carbocycles. The molecule has 15 heavy (non-hydrogen) atoms. The minimum absolute atomic E-state index is 0.121. The number of hydrogen-bond donors (Lipinski definition) is 1. The maximum Gasteiger partial charge on any atom is 0.228 e. The molecule has 1 heterocycles. The van der Waals surface area contributed by atoms with Crippen molar-refractivity contribution in [3.8, 4) is 0 Å². The maximum absolute atomic E-state index is 5.80. The average molecular weight is 229 g/mol. The Labute approximate surface area is 95.0 Å². The van der Waals surface area contributed by atoms with Gasteiger partial charge >= 0.3 is 0 Å². The summed E-state index contributed by atoms with van der Waals surface area (Å²) in [6.07, 6.45) is 1.61. The fraction of sp³-hybridized carbons (Fsp3) is 0.800. The standard InChI is InChI=1S/C10H19N3OS/c1-4-8(11)5-10-12-9(13-14-10)6-15-7(2)3/h7-8H,4-6,11H2,1-3H3. The van der Waals surface area contributed by atoms with Gasteiger partial charge in [0, 0.05) is 12.5 Å². The van der Waals surface area contributed by atoms with E-state index in [-0.39, 0.29) is 6.04 Å². The largest absolute Gasteiger partial charge is 0.339 e. The molecule has 2 N–H and O–H groups in total. The van der Waals surface area contributed by atoms with Gasteiger partial charge < -0.3 is 10.3 Å². The van der Waals surface area contributed by atoms with Crippen molar-refractivity contribution in [2.24, 2.45) is 5.73 Å². The maximum atomic E-state index is 5.80. The van der Waals surface area contributed by atoms with Crippen LogP contribution in [0.15, 0.2) is 4.52 Å². The van der Waals surface area contributed by atoms with Crippen LogP contribution >= 0.6 is 11.8 Å². The molecule has 0 aliphatic rings. The van der Waals surface area contributed by atoms with E-state index < -0.39 is 0 Å². The third kappa shape index (κ3) is 4.66. The zero-order chi connectivity index (χ0) is 11.3. The summed E-state index contributed by atoms with van der Waals surface area (Å²) >= 11 is 1.81. The Kier molecular flexibility index (Phi) is 5.11. The predicted molar refractivity (Wildman–Crippen MR) is 62.7 cm³/mol. The topological polar surface area (TPSA) is 64.9 Å². The van der Waals surface area contributed by atoms with E-state index in [2.05, 4.69) is 30.9 Å². The summed E-state index contributed by atoms with van der Waals surface area (Å²) in [6.45, 7) is 6.36. The Morgan fingerprint density at radius 2 is 2.20 bits per heavy atom. The highest BCUT2D eigenvalue weighted by molar-refractivity contribution is 7.99. The first-order valence-electron chi connectivity index (χ1n) is 5.30. The van der Waals surface area contributed by atoms with Gasteiger partial charge in [-0.3, -0.25) is 0 Å². The second-order valence-corrected chi connectivity index (χ2v) is 5.40. The molecule has 86 valence electrons. The highest BCUT2D eigenvalue weighted by atomic mass is 32.2. The predicted octanol–water partition coefficient (Wildman–Crippen LogP) is 1.99. The molecule has 0 radical (unpaired) electrons. The van der Waals surface area contributed by atoms with Gasteiger partial charge in [-0.2, -0.15) is 16.7 Å². The highest BCUT2D eigenvalue weighted by Gasteiger charge is 2.10. The summed E-state index contributed by atoms with van der Waals surface area (Å²) in [5.74, 6) is 2.23. The lowest BCUT2D eigenvalue weighted by molar-refractivity contribution is 0.364. The molecule has 0 bridgehead atoms. The number of nitrogens with zero attached hydrogens (tertiary/aromatic N) is 2. The van der Waals surface area contributed by atoms with Crippen LogP contribution in [0.3, 0.4) is 0 Å². The van der Waals surface area contributed by atoms with Crippen LogP contribution < -0.4 is 5.73 Å². The Hall–Kier alpha value is -0.550. The Balaban J connectivity index is 2.42. The molecule has 0 aliphatic heterocycles. The molecule has 0 saturated heterocycles. The minimum Gasteiger partial charge on any atom is -0.339 e.